The molecule has 0 fully saturated rings. The monoisotopic (exact) mass is 247 g/mol. The fourth-order valence-electron chi connectivity index (χ4n) is 2.08. The van der Waals surface area contributed by atoms with Crippen LogP contribution in [0.5, 0.6) is 0 Å². The summed E-state index contributed by atoms with van der Waals surface area (Å²) in [5.41, 5.74) is 2.49. The van der Waals surface area contributed by atoms with E-state index in [4.69, 9.17) is 0 Å². The van der Waals surface area contributed by atoms with Crippen LogP contribution in [0, 0.1) is 6.92 Å². The van der Waals surface area contributed by atoms with Gasteiger partial charge in [-0.3, -0.25) is 4.79 Å². The zero-order valence-electron chi connectivity index (χ0n) is 10.3. The number of benzene rings is 1. The van der Waals surface area contributed by atoms with E-state index in [1.54, 1.807) is 0 Å². The zero-order chi connectivity index (χ0) is 12.4. The summed E-state index contributed by atoms with van der Waals surface area (Å²) in [5, 5.41) is 0.419. The lowest BCUT2D eigenvalue weighted by Crippen LogP contribution is -2.32. The molecular formula is C14H17NOS. The lowest BCUT2D eigenvalue weighted by molar-refractivity contribution is -0.126. The maximum absolute atomic E-state index is 11.8. The summed E-state index contributed by atoms with van der Waals surface area (Å²) in [6.45, 7) is 9.28. The van der Waals surface area contributed by atoms with Crippen LogP contribution in [-0.2, 0) is 11.3 Å². The molecule has 1 amide bonds. The normalized spacial score (nSPS) is 19.4. The fraction of sp³-hybridized carbons (Fsp3) is 0.357. The molecule has 2 nitrogen and oxygen atoms in total. The number of nitrogens with zero attached hydrogens (tertiary/aromatic N) is 1. The molecule has 0 saturated heterocycles. The average Bonchev–Trinajstić information content (AvgIpc) is 2.46. The Kier molecular flexibility index (Phi) is 3.57. The molecule has 0 bridgehead atoms. The molecule has 0 radical (unpaired) electrons. The lowest BCUT2D eigenvalue weighted by atomic mass is 10.1. The lowest BCUT2D eigenvalue weighted by Gasteiger charge is -2.20. The van der Waals surface area contributed by atoms with E-state index in [0.717, 1.165) is 6.54 Å². The highest BCUT2D eigenvalue weighted by Gasteiger charge is 2.21. The molecule has 1 aromatic rings. The van der Waals surface area contributed by atoms with Gasteiger partial charge in [0.2, 0.25) is 5.91 Å². The second kappa shape index (κ2) is 4.96. The van der Waals surface area contributed by atoms with Crippen LogP contribution in [0.2, 0.25) is 0 Å². The minimum atomic E-state index is 0.0202. The summed E-state index contributed by atoms with van der Waals surface area (Å²) in [7, 11) is 0. The van der Waals surface area contributed by atoms with E-state index in [-0.39, 0.29) is 5.91 Å². The number of carbonyl (C=O) groups is 1. The number of hydrogen-bond acceptors (Lipinski definition) is 2. The molecule has 0 saturated carbocycles. The van der Waals surface area contributed by atoms with E-state index in [0.29, 0.717) is 11.8 Å². The highest BCUT2D eigenvalue weighted by Crippen LogP contribution is 2.32. The number of rotatable bonds is 1. The van der Waals surface area contributed by atoms with Crippen LogP contribution in [-0.4, -0.2) is 22.6 Å². The predicted molar refractivity (Wildman–Crippen MR) is 72.1 cm³/mol. The number of amides is 1. The molecule has 3 heteroatoms. The Morgan fingerprint density at radius 2 is 2.35 bits per heavy atom. The second-order valence-electron chi connectivity index (χ2n) is 4.46. The van der Waals surface area contributed by atoms with Gasteiger partial charge in [-0.25, -0.2) is 0 Å². The van der Waals surface area contributed by atoms with Crippen molar-refractivity contribution in [1.29, 1.82) is 0 Å². The van der Waals surface area contributed by atoms with Crippen LogP contribution in [0.15, 0.2) is 35.7 Å². The molecule has 1 atom stereocenters. The maximum atomic E-state index is 11.8. The highest BCUT2D eigenvalue weighted by atomic mass is 32.2. The van der Waals surface area contributed by atoms with Gasteiger partial charge in [0, 0.05) is 23.2 Å². The first-order valence-corrected chi connectivity index (χ1v) is 6.65. The first-order chi connectivity index (χ1) is 8.10. The van der Waals surface area contributed by atoms with Crippen molar-refractivity contribution in [1.82, 2.24) is 4.90 Å². The Morgan fingerprint density at radius 3 is 3.06 bits per heavy atom. The third kappa shape index (κ3) is 2.72. The van der Waals surface area contributed by atoms with Crippen LogP contribution in [0.1, 0.15) is 18.1 Å². The molecule has 0 unspecified atom stereocenters. The summed E-state index contributed by atoms with van der Waals surface area (Å²) in [5.74, 6) is 0.0202. The van der Waals surface area contributed by atoms with E-state index in [2.05, 4.69) is 38.6 Å². The SMILES string of the molecule is C=CC(=O)N1Cc2cc(C)ccc2S[C@@H](C)C1. The molecule has 1 heterocycles. The number of hydrogen-bond donors (Lipinski definition) is 0. The van der Waals surface area contributed by atoms with Crippen molar-refractivity contribution in [2.45, 2.75) is 30.5 Å². The Labute approximate surface area is 107 Å². The summed E-state index contributed by atoms with van der Waals surface area (Å²) in [6.07, 6.45) is 1.40. The largest absolute Gasteiger partial charge is 0.334 e. The van der Waals surface area contributed by atoms with Crippen LogP contribution in [0.25, 0.3) is 0 Å². The van der Waals surface area contributed by atoms with Gasteiger partial charge in [0.1, 0.15) is 0 Å². The van der Waals surface area contributed by atoms with E-state index in [9.17, 15) is 4.79 Å². The highest BCUT2D eigenvalue weighted by molar-refractivity contribution is 8.00. The smallest absolute Gasteiger partial charge is 0.246 e. The van der Waals surface area contributed by atoms with E-state index in [1.165, 1.54) is 22.1 Å². The van der Waals surface area contributed by atoms with Crippen molar-refractivity contribution in [2.24, 2.45) is 0 Å². The quantitative estimate of drug-likeness (QED) is 0.711. The van der Waals surface area contributed by atoms with Crippen molar-refractivity contribution >= 4 is 17.7 Å². The van der Waals surface area contributed by atoms with Crippen molar-refractivity contribution in [2.75, 3.05) is 6.54 Å². The van der Waals surface area contributed by atoms with Gasteiger partial charge >= 0.3 is 0 Å². The van der Waals surface area contributed by atoms with Crippen LogP contribution >= 0.6 is 11.8 Å². The van der Waals surface area contributed by atoms with Crippen molar-refractivity contribution in [3.63, 3.8) is 0 Å². The van der Waals surface area contributed by atoms with Gasteiger partial charge in [-0.1, -0.05) is 31.2 Å². The Morgan fingerprint density at radius 1 is 1.59 bits per heavy atom. The minimum absolute atomic E-state index is 0.0202. The van der Waals surface area contributed by atoms with Crippen LogP contribution < -0.4 is 0 Å². The van der Waals surface area contributed by atoms with Crippen LogP contribution in [0.3, 0.4) is 0 Å². The third-order valence-electron chi connectivity index (χ3n) is 2.87. The molecule has 1 aliphatic heterocycles. The fourth-order valence-corrected chi connectivity index (χ4v) is 3.19. The Hall–Kier alpha value is -1.22. The molecule has 90 valence electrons. The third-order valence-corrected chi connectivity index (χ3v) is 4.07. The molecule has 1 aromatic carbocycles. The second-order valence-corrected chi connectivity index (χ2v) is 5.94. The van der Waals surface area contributed by atoms with Gasteiger partial charge in [-0.2, -0.15) is 0 Å². The van der Waals surface area contributed by atoms with Gasteiger partial charge < -0.3 is 4.90 Å². The predicted octanol–water partition coefficient (Wildman–Crippen LogP) is 3.00. The number of thioether (sulfide) groups is 1. The molecule has 0 spiro atoms. The van der Waals surface area contributed by atoms with Gasteiger partial charge in [-0.15, -0.1) is 11.8 Å². The molecular weight excluding hydrogens is 230 g/mol. The molecule has 0 aliphatic carbocycles. The number of aryl methyl sites for hydroxylation is 1. The topological polar surface area (TPSA) is 20.3 Å². The molecule has 0 aromatic heterocycles. The van der Waals surface area contributed by atoms with Gasteiger partial charge in [0.05, 0.1) is 0 Å². The summed E-state index contributed by atoms with van der Waals surface area (Å²) < 4.78 is 0. The summed E-state index contributed by atoms with van der Waals surface area (Å²) in [6, 6.07) is 6.46. The number of carbonyl (C=O) groups excluding carboxylic acids is 1. The van der Waals surface area contributed by atoms with E-state index < -0.39 is 0 Å². The summed E-state index contributed by atoms with van der Waals surface area (Å²) in [4.78, 5) is 14.9. The first-order valence-electron chi connectivity index (χ1n) is 5.77. The molecule has 0 N–H and O–H groups in total. The first kappa shape index (κ1) is 12.2. The molecule has 2 rings (SSSR count). The summed E-state index contributed by atoms with van der Waals surface area (Å²) >= 11 is 1.84. The average molecular weight is 247 g/mol. The molecule has 17 heavy (non-hydrogen) atoms. The Balaban J connectivity index is 2.34. The maximum Gasteiger partial charge on any atom is 0.246 e. The molecule has 1 aliphatic rings. The minimum Gasteiger partial charge on any atom is -0.334 e. The van der Waals surface area contributed by atoms with Crippen molar-refractivity contribution in [3.05, 3.63) is 42.0 Å². The van der Waals surface area contributed by atoms with Gasteiger partial charge in [-0.05, 0) is 24.6 Å². The van der Waals surface area contributed by atoms with Crippen LogP contribution in [0.4, 0.5) is 0 Å². The standard InChI is InChI=1S/C14H17NOS/c1-4-14(16)15-8-11(3)17-13-6-5-10(2)7-12(13)9-15/h4-7,11H,1,8-9H2,2-3H3/t11-/m0/s1. The van der Waals surface area contributed by atoms with Gasteiger partial charge in [0.25, 0.3) is 0 Å². The van der Waals surface area contributed by atoms with Gasteiger partial charge in [0.15, 0.2) is 0 Å². The number of fused-ring (bicyclic) bond motifs is 1. The van der Waals surface area contributed by atoms with Crippen molar-refractivity contribution in [3.8, 4) is 0 Å². The Bertz CT molecular complexity index is 456. The van der Waals surface area contributed by atoms with Crippen molar-refractivity contribution < 1.29 is 4.79 Å². The van der Waals surface area contributed by atoms with E-state index >= 15 is 0 Å². The zero-order valence-corrected chi connectivity index (χ0v) is 11.1. The van der Waals surface area contributed by atoms with E-state index in [1.807, 2.05) is 16.7 Å².